The van der Waals surface area contributed by atoms with Crippen LogP contribution in [0.15, 0.2) is 42.0 Å². The van der Waals surface area contributed by atoms with Gasteiger partial charge in [0.05, 0.1) is 17.1 Å². The van der Waals surface area contributed by atoms with Crippen molar-refractivity contribution in [3.63, 3.8) is 0 Å². The molecule has 1 saturated heterocycles. The average Bonchev–Trinajstić information content (AvgIpc) is 3.45. The summed E-state index contributed by atoms with van der Waals surface area (Å²) in [6.07, 6.45) is 16.5. The Labute approximate surface area is 244 Å². The van der Waals surface area contributed by atoms with E-state index in [1.54, 1.807) is 17.1 Å². The van der Waals surface area contributed by atoms with Crippen LogP contribution >= 0.6 is 0 Å². The number of fused-ring (bicyclic) bond motifs is 9. The standard InChI is InChI=1S/C35H45N3O3/c1-30(2)10-12-35(29(40)38-15-14-37-20-38)13-11-34(7)26(22(35)18-30)27-23(41-27)16-25-32(5)17-21(19-36)28(39)31(3,4)24(32)8-9-33(25,34)6/h14-17,20,22-24,26-27H,8-13,18H2,1-7H3/t22?,23?,24?,26?,27?,32-,33+,34+,35-/m0/s1. The number of allylic oxidation sites excluding steroid dienone is 3. The summed E-state index contributed by atoms with van der Waals surface area (Å²) in [5, 5.41) is 10.0. The highest BCUT2D eigenvalue weighted by Gasteiger charge is 2.73. The number of hydrogen-bond acceptors (Lipinski definition) is 5. The Morgan fingerprint density at radius 3 is 2.49 bits per heavy atom. The molecule has 0 spiro atoms. The number of rotatable bonds is 1. The van der Waals surface area contributed by atoms with Gasteiger partial charge in [0, 0.05) is 23.2 Å². The van der Waals surface area contributed by atoms with Crippen molar-refractivity contribution in [3.8, 4) is 6.07 Å². The van der Waals surface area contributed by atoms with Crippen molar-refractivity contribution in [3.05, 3.63) is 42.0 Å². The van der Waals surface area contributed by atoms with Crippen molar-refractivity contribution in [1.82, 2.24) is 9.55 Å². The maximum absolute atomic E-state index is 14.4. The first kappa shape index (κ1) is 27.3. The lowest BCUT2D eigenvalue weighted by atomic mass is 9.36. The first-order valence-electron chi connectivity index (χ1n) is 15.7. The Balaban J connectivity index is 1.38. The van der Waals surface area contributed by atoms with Gasteiger partial charge in [-0.1, -0.05) is 66.2 Å². The molecule has 218 valence electrons. The number of ether oxygens (including phenoxy) is 1. The number of hydrogen-bond donors (Lipinski definition) is 0. The highest BCUT2D eigenvalue weighted by atomic mass is 16.6. The first-order valence-corrected chi connectivity index (χ1v) is 15.7. The van der Waals surface area contributed by atoms with Crippen molar-refractivity contribution >= 4 is 11.7 Å². The van der Waals surface area contributed by atoms with E-state index in [2.05, 4.69) is 51.7 Å². The second-order valence-electron chi connectivity index (χ2n) is 16.4. The van der Waals surface area contributed by atoms with Crippen LogP contribution in [0.3, 0.4) is 0 Å². The van der Waals surface area contributed by atoms with Gasteiger partial charge in [-0.3, -0.25) is 14.2 Å². The number of carbonyl (C=O) groups is 2. The van der Waals surface area contributed by atoms with Gasteiger partial charge in [0.15, 0.2) is 5.78 Å². The summed E-state index contributed by atoms with van der Waals surface area (Å²) in [7, 11) is 0. The van der Waals surface area contributed by atoms with E-state index in [1.807, 2.05) is 26.1 Å². The van der Waals surface area contributed by atoms with E-state index in [9.17, 15) is 14.9 Å². The maximum Gasteiger partial charge on any atom is 0.238 e. The van der Waals surface area contributed by atoms with E-state index in [1.165, 1.54) is 5.57 Å². The molecule has 0 aromatic carbocycles. The molecule has 1 aromatic rings. The van der Waals surface area contributed by atoms with Gasteiger partial charge in [-0.05, 0) is 78.9 Å². The minimum absolute atomic E-state index is 0.0187. The number of imidazole rings is 1. The predicted octanol–water partition coefficient (Wildman–Crippen LogP) is 6.94. The number of epoxide rings is 1. The molecule has 5 aliphatic carbocycles. The van der Waals surface area contributed by atoms with Crippen LogP contribution in [0, 0.1) is 61.6 Å². The van der Waals surface area contributed by atoms with Gasteiger partial charge in [-0.25, -0.2) is 4.98 Å². The molecular weight excluding hydrogens is 510 g/mol. The maximum atomic E-state index is 14.4. The topological polar surface area (TPSA) is 88.3 Å². The second kappa shape index (κ2) is 8.10. The molecule has 5 unspecified atom stereocenters. The fourth-order valence-corrected chi connectivity index (χ4v) is 11.3. The summed E-state index contributed by atoms with van der Waals surface area (Å²) >= 11 is 0. The van der Waals surface area contributed by atoms with E-state index < -0.39 is 16.2 Å². The van der Waals surface area contributed by atoms with Crippen LogP contribution in [0.5, 0.6) is 0 Å². The lowest BCUT2D eigenvalue weighted by molar-refractivity contribution is -0.149. The number of carbonyl (C=O) groups excluding carboxylic acids is 2. The molecule has 6 nitrogen and oxygen atoms in total. The quantitative estimate of drug-likeness (QED) is 0.277. The third-order valence-electron chi connectivity index (χ3n) is 13.8. The number of Topliss-reactive ketones (excluding diaryl/α,β-unsaturated/α-hetero) is 1. The van der Waals surface area contributed by atoms with Crippen LogP contribution in [-0.2, 0) is 9.53 Å². The monoisotopic (exact) mass is 555 g/mol. The summed E-state index contributed by atoms with van der Waals surface area (Å²) in [5.41, 5.74) is 0.237. The fraction of sp³-hybridized carbons (Fsp3) is 0.714. The molecule has 0 N–H and O–H groups in total. The van der Waals surface area contributed by atoms with Gasteiger partial charge in [0.2, 0.25) is 5.91 Å². The van der Waals surface area contributed by atoms with Crippen LogP contribution in [0.2, 0.25) is 0 Å². The molecule has 7 rings (SSSR count). The largest absolute Gasteiger partial charge is 0.365 e. The Bertz CT molecular complexity index is 1440. The van der Waals surface area contributed by atoms with E-state index >= 15 is 0 Å². The number of ketones is 1. The number of nitriles is 1. The molecule has 9 atom stereocenters. The second-order valence-corrected chi connectivity index (χ2v) is 16.4. The molecule has 0 bridgehead atoms. The van der Waals surface area contributed by atoms with Crippen molar-refractivity contribution in [1.29, 1.82) is 5.26 Å². The van der Waals surface area contributed by atoms with Gasteiger partial charge in [-0.15, -0.1) is 0 Å². The van der Waals surface area contributed by atoms with Crippen LogP contribution < -0.4 is 0 Å². The molecule has 6 heteroatoms. The van der Waals surface area contributed by atoms with Crippen LogP contribution in [0.1, 0.15) is 98.2 Å². The minimum Gasteiger partial charge on any atom is -0.365 e. The summed E-state index contributed by atoms with van der Waals surface area (Å²) in [6.45, 7) is 16.1. The van der Waals surface area contributed by atoms with Crippen LogP contribution in [0.25, 0.3) is 0 Å². The van der Waals surface area contributed by atoms with E-state index in [4.69, 9.17) is 4.74 Å². The number of nitrogens with zero attached hydrogens (tertiary/aromatic N) is 3. The highest BCUT2D eigenvalue weighted by Crippen LogP contribution is 2.76. The summed E-state index contributed by atoms with van der Waals surface area (Å²) in [4.78, 5) is 32.0. The van der Waals surface area contributed by atoms with Crippen molar-refractivity contribution in [2.75, 3.05) is 0 Å². The van der Waals surface area contributed by atoms with Crippen molar-refractivity contribution in [2.24, 2.45) is 50.2 Å². The SMILES string of the molecule is CC1(C)CC[C@]2(C(=O)n3ccnc3)CC[C@]3(C)C(C4OC4C=C4[C@@]5(C)C=C(C#N)C(=O)C(C)(C)C5CC[C@]43C)C2C1. The lowest BCUT2D eigenvalue weighted by Crippen LogP contribution is -2.63. The molecule has 41 heavy (non-hydrogen) atoms. The Morgan fingerprint density at radius 2 is 1.80 bits per heavy atom. The van der Waals surface area contributed by atoms with Gasteiger partial charge < -0.3 is 4.74 Å². The molecule has 1 aromatic heterocycles. The Hall–Kier alpha value is -2.52. The minimum atomic E-state index is -0.598. The van der Waals surface area contributed by atoms with Gasteiger partial charge >= 0.3 is 0 Å². The molecule has 4 fully saturated rings. The Kier molecular flexibility index (Phi) is 5.40. The van der Waals surface area contributed by atoms with Gasteiger partial charge in [0.1, 0.15) is 18.5 Å². The molecule has 3 saturated carbocycles. The van der Waals surface area contributed by atoms with Crippen molar-refractivity contribution in [2.45, 2.75) is 106 Å². The lowest BCUT2D eigenvalue weighted by Gasteiger charge is -2.67. The predicted molar refractivity (Wildman–Crippen MR) is 155 cm³/mol. The normalized spacial score (nSPS) is 47.1. The smallest absolute Gasteiger partial charge is 0.238 e. The van der Waals surface area contributed by atoms with Gasteiger partial charge in [-0.2, -0.15) is 5.26 Å². The molecular formula is C35H45N3O3. The zero-order valence-corrected chi connectivity index (χ0v) is 25.8. The van der Waals surface area contributed by atoms with E-state index in [-0.39, 0.29) is 57.9 Å². The summed E-state index contributed by atoms with van der Waals surface area (Å²) in [5.74, 6) is 0.803. The van der Waals surface area contributed by atoms with Crippen LogP contribution in [-0.4, -0.2) is 33.4 Å². The molecule has 0 amide bonds. The number of aromatic nitrogens is 2. The van der Waals surface area contributed by atoms with E-state index in [0.717, 1.165) is 44.9 Å². The third kappa shape index (κ3) is 3.31. The Morgan fingerprint density at radius 1 is 1.07 bits per heavy atom. The zero-order valence-electron chi connectivity index (χ0n) is 25.8. The van der Waals surface area contributed by atoms with Gasteiger partial charge in [0.25, 0.3) is 0 Å². The van der Waals surface area contributed by atoms with Crippen molar-refractivity contribution < 1.29 is 14.3 Å². The summed E-state index contributed by atoms with van der Waals surface area (Å²) in [6, 6.07) is 2.26. The molecule has 6 aliphatic rings. The highest BCUT2D eigenvalue weighted by molar-refractivity contribution is 6.04. The fourth-order valence-electron chi connectivity index (χ4n) is 11.3. The van der Waals surface area contributed by atoms with E-state index in [0.29, 0.717) is 5.57 Å². The summed E-state index contributed by atoms with van der Waals surface area (Å²) < 4.78 is 8.35. The van der Waals surface area contributed by atoms with Crippen LogP contribution in [0.4, 0.5) is 0 Å². The first-order chi connectivity index (χ1) is 19.1. The molecule has 1 aliphatic heterocycles. The third-order valence-corrected chi connectivity index (χ3v) is 13.8. The molecule has 0 radical (unpaired) electrons. The zero-order chi connectivity index (χ0) is 29.4. The average molecular weight is 556 g/mol. The molecule has 2 heterocycles.